The van der Waals surface area contributed by atoms with Crippen LogP contribution in [0.25, 0.3) is 0 Å². The maximum absolute atomic E-state index is 14.0. The van der Waals surface area contributed by atoms with Gasteiger partial charge in [-0.3, -0.25) is 4.79 Å². The Kier molecular flexibility index (Phi) is 6.36. The second-order valence-electron chi connectivity index (χ2n) is 6.49. The zero-order valence-corrected chi connectivity index (χ0v) is 17.6. The lowest BCUT2D eigenvalue weighted by Crippen LogP contribution is -2.43. The number of halogens is 2. The fraction of sp³-hybridized carbons (Fsp3) is 0.316. The molecule has 28 heavy (non-hydrogen) atoms. The summed E-state index contributed by atoms with van der Waals surface area (Å²) in [5.74, 6) is -0.937. The lowest BCUT2D eigenvalue weighted by atomic mass is 9.98. The van der Waals surface area contributed by atoms with Crippen LogP contribution in [0.15, 0.2) is 51.8 Å². The monoisotopic (exact) mass is 470 g/mol. The summed E-state index contributed by atoms with van der Waals surface area (Å²) in [5, 5.41) is 2.56. The number of amides is 1. The summed E-state index contributed by atoms with van der Waals surface area (Å²) < 4.78 is 46.7. The Bertz CT molecular complexity index is 966. The minimum Gasteiger partial charge on any atom is -0.497 e. The van der Waals surface area contributed by atoms with E-state index in [0.29, 0.717) is 29.6 Å². The minimum atomic E-state index is -3.72. The summed E-state index contributed by atoms with van der Waals surface area (Å²) in [5.41, 5.74) is 0.0725. The number of rotatable bonds is 5. The molecule has 1 aliphatic rings. The second kappa shape index (κ2) is 8.59. The Labute approximate surface area is 171 Å². The highest BCUT2D eigenvalue weighted by atomic mass is 79.9. The van der Waals surface area contributed by atoms with E-state index in [0.717, 1.165) is 0 Å². The van der Waals surface area contributed by atoms with Crippen molar-refractivity contribution in [1.82, 2.24) is 4.31 Å². The molecule has 1 amide bonds. The molecular weight excluding hydrogens is 451 g/mol. The van der Waals surface area contributed by atoms with Crippen LogP contribution in [0.1, 0.15) is 12.8 Å². The van der Waals surface area contributed by atoms with Gasteiger partial charge < -0.3 is 10.1 Å². The van der Waals surface area contributed by atoms with E-state index < -0.39 is 27.7 Å². The van der Waals surface area contributed by atoms with E-state index in [4.69, 9.17) is 4.74 Å². The molecule has 3 rings (SSSR count). The molecule has 150 valence electrons. The SMILES string of the molecule is COc1ccc(S(=O)(=O)N2CCCC(C(=O)Nc3ccc(Br)cc3F)C2)cc1. The maximum atomic E-state index is 14.0. The Morgan fingerprint density at radius 2 is 1.96 bits per heavy atom. The van der Waals surface area contributed by atoms with Gasteiger partial charge in [0.15, 0.2) is 0 Å². The summed E-state index contributed by atoms with van der Waals surface area (Å²) in [4.78, 5) is 12.7. The highest BCUT2D eigenvalue weighted by molar-refractivity contribution is 9.10. The number of hydrogen-bond acceptors (Lipinski definition) is 4. The maximum Gasteiger partial charge on any atom is 0.243 e. The quantitative estimate of drug-likeness (QED) is 0.723. The van der Waals surface area contributed by atoms with Gasteiger partial charge in [0.1, 0.15) is 11.6 Å². The third kappa shape index (κ3) is 4.53. The third-order valence-electron chi connectivity index (χ3n) is 4.64. The first kappa shape index (κ1) is 20.8. The molecule has 0 saturated carbocycles. The molecule has 0 aromatic heterocycles. The normalized spacial score (nSPS) is 17.9. The summed E-state index contributed by atoms with van der Waals surface area (Å²) in [6, 6.07) is 10.5. The molecule has 1 unspecified atom stereocenters. The van der Waals surface area contributed by atoms with Crippen molar-refractivity contribution in [2.45, 2.75) is 17.7 Å². The molecule has 0 spiro atoms. The highest BCUT2D eigenvalue weighted by Gasteiger charge is 2.33. The van der Waals surface area contributed by atoms with Crippen molar-refractivity contribution in [2.24, 2.45) is 5.92 Å². The van der Waals surface area contributed by atoms with Crippen LogP contribution in [0.4, 0.5) is 10.1 Å². The lowest BCUT2D eigenvalue weighted by molar-refractivity contribution is -0.120. The van der Waals surface area contributed by atoms with E-state index in [-0.39, 0.29) is 17.1 Å². The number of nitrogens with zero attached hydrogens (tertiary/aromatic N) is 1. The van der Waals surface area contributed by atoms with E-state index >= 15 is 0 Å². The molecule has 9 heteroatoms. The van der Waals surface area contributed by atoms with Crippen LogP contribution in [0.2, 0.25) is 0 Å². The van der Waals surface area contributed by atoms with Gasteiger partial charge >= 0.3 is 0 Å². The molecular formula is C19H20BrFN2O4S. The fourth-order valence-corrected chi connectivity index (χ4v) is 4.95. The van der Waals surface area contributed by atoms with Crippen LogP contribution in [0.3, 0.4) is 0 Å². The molecule has 0 radical (unpaired) electrons. The number of anilines is 1. The summed E-state index contributed by atoms with van der Waals surface area (Å²) >= 11 is 3.17. The molecule has 1 aliphatic heterocycles. The fourth-order valence-electron chi connectivity index (χ4n) is 3.10. The molecule has 0 bridgehead atoms. The van der Waals surface area contributed by atoms with Gasteiger partial charge in [0.2, 0.25) is 15.9 Å². The van der Waals surface area contributed by atoms with Crippen LogP contribution in [-0.4, -0.2) is 38.8 Å². The molecule has 2 aromatic carbocycles. The minimum absolute atomic E-state index is 0.0539. The molecule has 1 N–H and O–H groups in total. The first-order valence-corrected chi connectivity index (χ1v) is 10.9. The van der Waals surface area contributed by atoms with Gasteiger partial charge in [-0.1, -0.05) is 15.9 Å². The van der Waals surface area contributed by atoms with Crippen molar-refractivity contribution in [2.75, 3.05) is 25.5 Å². The molecule has 1 atom stereocenters. The van der Waals surface area contributed by atoms with Crippen molar-refractivity contribution >= 4 is 37.5 Å². The van der Waals surface area contributed by atoms with Crippen LogP contribution < -0.4 is 10.1 Å². The van der Waals surface area contributed by atoms with Crippen molar-refractivity contribution in [3.63, 3.8) is 0 Å². The topological polar surface area (TPSA) is 75.7 Å². The summed E-state index contributed by atoms with van der Waals surface area (Å²) in [6.45, 7) is 0.392. The number of methoxy groups -OCH3 is 1. The van der Waals surface area contributed by atoms with Crippen molar-refractivity contribution in [3.05, 3.63) is 52.8 Å². The van der Waals surface area contributed by atoms with Crippen molar-refractivity contribution < 1.29 is 22.3 Å². The van der Waals surface area contributed by atoms with Crippen LogP contribution >= 0.6 is 15.9 Å². The van der Waals surface area contributed by atoms with Gasteiger partial charge in [0, 0.05) is 17.6 Å². The smallest absolute Gasteiger partial charge is 0.243 e. The Morgan fingerprint density at radius 3 is 2.61 bits per heavy atom. The van der Waals surface area contributed by atoms with E-state index in [1.54, 1.807) is 18.2 Å². The number of carbonyl (C=O) groups excluding carboxylic acids is 1. The standard InChI is InChI=1S/C19H20BrFN2O4S/c1-27-15-5-7-16(8-6-15)28(25,26)23-10-2-3-13(12-23)19(24)22-18-9-4-14(20)11-17(18)21/h4-9,11,13H,2-3,10,12H2,1H3,(H,22,24). The zero-order chi connectivity index (χ0) is 20.3. The van der Waals surface area contributed by atoms with Gasteiger partial charge in [0.05, 0.1) is 23.6 Å². The largest absolute Gasteiger partial charge is 0.497 e. The molecule has 2 aromatic rings. The van der Waals surface area contributed by atoms with E-state index in [9.17, 15) is 17.6 Å². The molecule has 1 saturated heterocycles. The van der Waals surface area contributed by atoms with Gasteiger partial charge in [0.25, 0.3) is 0 Å². The number of ether oxygens (including phenoxy) is 1. The van der Waals surface area contributed by atoms with Crippen LogP contribution in [0.5, 0.6) is 5.75 Å². The van der Waals surface area contributed by atoms with E-state index in [1.807, 2.05) is 0 Å². The van der Waals surface area contributed by atoms with Crippen molar-refractivity contribution in [3.8, 4) is 5.75 Å². The van der Waals surface area contributed by atoms with E-state index in [1.165, 1.54) is 35.7 Å². The first-order chi connectivity index (χ1) is 13.3. The number of piperidine rings is 1. The van der Waals surface area contributed by atoms with Crippen LogP contribution in [0, 0.1) is 11.7 Å². The third-order valence-corrected chi connectivity index (χ3v) is 7.01. The summed E-state index contributed by atoms with van der Waals surface area (Å²) in [7, 11) is -2.22. The number of nitrogens with one attached hydrogen (secondary N) is 1. The molecule has 1 heterocycles. The molecule has 0 aliphatic carbocycles. The van der Waals surface area contributed by atoms with Gasteiger partial charge in [-0.15, -0.1) is 0 Å². The van der Waals surface area contributed by atoms with Gasteiger partial charge in [-0.05, 0) is 55.3 Å². The average Bonchev–Trinajstić information content (AvgIpc) is 2.70. The predicted molar refractivity (Wildman–Crippen MR) is 107 cm³/mol. The van der Waals surface area contributed by atoms with Crippen LogP contribution in [-0.2, 0) is 14.8 Å². The van der Waals surface area contributed by atoms with Gasteiger partial charge in [-0.2, -0.15) is 4.31 Å². The van der Waals surface area contributed by atoms with Gasteiger partial charge in [-0.25, -0.2) is 12.8 Å². The Balaban J connectivity index is 1.72. The number of benzene rings is 2. The number of sulfonamides is 1. The zero-order valence-electron chi connectivity index (χ0n) is 15.2. The summed E-state index contributed by atoms with van der Waals surface area (Å²) in [6.07, 6.45) is 1.09. The molecule has 1 fully saturated rings. The second-order valence-corrected chi connectivity index (χ2v) is 9.34. The lowest BCUT2D eigenvalue weighted by Gasteiger charge is -2.31. The van der Waals surface area contributed by atoms with E-state index in [2.05, 4.69) is 21.2 Å². The van der Waals surface area contributed by atoms with Crippen molar-refractivity contribution in [1.29, 1.82) is 0 Å². The Hall–Kier alpha value is -1.97. The average molecular weight is 471 g/mol. The number of carbonyl (C=O) groups is 1. The Morgan fingerprint density at radius 1 is 1.25 bits per heavy atom. The predicted octanol–water partition coefficient (Wildman–Crippen LogP) is 3.64. The highest BCUT2D eigenvalue weighted by Crippen LogP contribution is 2.27. The number of hydrogen-bond donors (Lipinski definition) is 1. The first-order valence-electron chi connectivity index (χ1n) is 8.71. The molecule has 6 nitrogen and oxygen atoms in total.